The first-order chi connectivity index (χ1) is 9.74. The van der Waals surface area contributed by atoms with Crippen LogP contribution in [0, 0.1) is 3.57 Å². The van der Waals surface area contributed by atoms with Gasteiger partial charge in [-0.2, -0.15) is 5.10 Å². The van der Waals surface area contributed by atoms with Gasteiger partial charge in [0.05, 0.1) is 9.26 Å². The van der Waals surface area contributed by atoms with Crippen LogP contribution in [0.3, 0.4) is 0 Å². The topological polar surface area (TPSA) is 55.6 Å². The van der Waals surface area contributed by atoms with Gasteiger partial charge in [0.15, 0.2) is 5.82 Å². The van der Waals surface area contributed by atoms with E-state index in [1.165, 1.54) is 18.5 Å². The predicted octanol–water partition coefficient (Wildman–Crippen LogP) is 3.27. The number of nitrogens with zero attached hydrogens (tertiary/aromatic N) is 4. The lowest BCUT2D eigenvalue weighted by atomic mass is 10.2. The van der Waals surface area contributed by atoms with Gasteiger partial charge in [0, 0.05) is 25.7 Å². The van der Waals surface area contributed by atoms with Crippen molar-refractivity contribution >= 4 is 28.4 Å². The average molecular weight is 383 g/mol. The third-order valence-electron chi connectivity index (χ3n) is 3.46. The normalized spacial score (nSPS) is 14.6. The Hall–Kier alpha value is -1.18. The highest BCUT2D eigenvalue weighted by atomic mass is 127. The molecule has 0 unspecified atom stereocenters. The Balaban J connectivity index is 2.08. The van der Waals surface area contributed by atoms with Crippen LogP contribution in [-0.4, -0.2) is 26.8 Å². The van der Waals surface area contributed by atoms with Crippen LogP contribution in [0.4, 0.5) is 5.82 Å². The Bertz CT molecular complexity index is 618. The fraction of sp³-hybridized carbons (Fsp3) is 0.500. The van der Waals surface area contributed by atoms with E-state index in [1.807, 2.05) is 24.0 Å². The Kier molecular flexibility index (Phi) is 3.91. The minimum Gasteiger partial charge on any atom is -0.372 e. The van der Waals surface area contributed by atoms with Crippen LogP contribution in [0.15, 0.2) is 12.3 Å². The average Bonchev–Trinajstić information content (AvgIpc) is 3.19. The molecule has 0 saturated heterocycles. The highest BCUT2D eigenvalue weighted by Gasteiger charge is 2.29. The Morgan fingerprint density at radius 2 is 2.20 bits per heavy atom. The predicted molar refractivity (Wildman–Crippen MR) is 87.8 cm³/mol. The minimum atomic E-state index is 0.610. The van der Waals surface area contributed by atoms with E-state index >= 15 is 0 Å². The van der Waals surface area contributed by atoms with Gasteiger partial charge in [-0.15, -0.1) is 0 Å². The van der Waals surface area contributed by atoms with Crippen molar-refractivity contribution in [2.75, 3.05) is 12.4 Å². The zero-order chi connectivity index (χ0) is 14.1. The summed E-state index contributed by atoms with van der Waals surface area (Å²) in [6, 6.07) is 1.99. The molecule has 0 aliphatic heterocycles. The number of aryl methyl sites for hydroxylation is 1. The monoisotopic (exact) mass is 383 g/mol. The fourth-order valence-corrected chi connectivity index (χ4v) is 3.24. The third kappa shape index (κ3) is 2.53. The molecule has 2 aromatic heterocycles. The maximum atomic E-state index is 4.81. The number of hydrogen-bond donors (Lipinski definition) is 1. The van der Waals surface area contributed by atoms with E-state index < -0.39 is 0 Å². The fourth-order valence-electron chi connectivity index (χ4n) is 2.28. The van der Waals surface area contributed by atoms with Crippen molar-refractivity contribution in [3.8, 4) is 11.5 Å². The van der Waals surface area contributed by atoms with Crippen molar-refractivity contribution < 1.29 is 0 Å². The van der Waals surface area contributed by atoms with Gasteiger partial charge in [0.25, 0.3) is 0 Å². The summed E-state index contributed by atoms with van der Waals surface area (Å²) >= 11 is 2.35. The molecule has 0 radical (unpaired) electrons. The molecule has 0 amide bonds. The van der Waals surface area contributed by atoms with Crippen LogP contribution in [0.5, 0.6) is 0 Å². The van der Waals surface area contributed by atoms with Gasteiger partial charge in [0.2, 0.25) is 0 Å². The molecule has 1 aliphatic rings. The van der Waals surface area contributed by atoms with Crippen molar-refractivity contribution in [3.63, 3.8) is 0 Å². The lowest BCUT2D eigenvalue weighted by Crippen LogP contribution is -2.08. The first-order valence-corrected chi connectivity index (χ1v) is 8.09. The molecule has 3 rings (SSSR count). The standard InChI is InChI=1S/C14H18IN5/c1-3-8-20-10(6-7-17-20)13-18-12(9-4-5-9)11(15)14(16-2)19-13/h6-7,9H,3-5,8H2,1-2H3,(H,16,18,19). The van der Waals surface area contributed by atoms with Crippen LogP contribution in [0.1, 0.15) is 37.8 Å². The third-order valence-corrected chi connectivity index (χ3v) is 4.52. The van der Waals surface area contributed by atoms with Gasteiger partial charge in [-0.1, -0.05) is 6.92 Å². The molecule has 1 aliphatic carbocycles. The number of aromatic nitrogens is 4. The smallest absolute Gasteiger partial charge is 0.180 e. The van der Waals surface area contributed by atoms with Crippen molar-refractivity contribution in [1.82, 2.24) is 19.7 Å². The maximum absolute atomic E-state index is 4.81. The van der Waals surface area contributed by atoms with Gasteiger partial charge in [-0.25, -0.2) is 9.97 Å². The van der Waals surface area contributed by atoms with E-state index in [0.29, 0.717) is 5.92 Å². The summed E-state index contributed by atoms with van der Waals surface area (Å²) < 4.78 is 3.14. The van der Waals surface area contributed by atoms with E-state index in [2.05, 4.69) is 44.9 Å². The lowest BCUT2D eigenvalue weighted by molar-refractivity contribution is 0.606. The Morgan fingerprint density at radius 1 is 1.40 bits per heavy atom. The molecule has 0 atom stereocenters. The lowest BCUT2D eigenvalue weighted by Gasteiger charge is -2.11. The van der Waals surface area contributed by atoms with Gasteiger partial charge >= 0.3 is 0 Å². The molecule has 2 aromatic rings. The molecule has 1 N–H and O–H groups in total. The first-order valence-electron chi connectivity index (χ1n) is 7.02. The Morgan fingerprint density at radius 3 is 2.85 bits per heavy atom. The molecule has 106 valence electrons. The second kappa shape index (κ2) is 5.67. The number of halogens is 1. The van der Waals surface area contributed by atoms with Crippen molar-refractivity contribution in [1.29, 1.82) is 0 Å². The largest absolute Gasteiger partial charge is 0.372 e. The highest BCUT2D eigenvalue weighted by Crippen LogP contribution is 2.42. The summed E-state index contributed by atoms with van der Waals surface area (Å²) in [6.07, 6.45) is 5.35. The van der Waals surface area contributed by atoms with Gasteiger partial charge in [-0.05, 0) is 47.9 Å². The van der Waals surface area contributed by atoms with E-state index in [1.54, 1.807) is 0 Å². The molecule has 0 spiro atoms. The van der Waals surface area contributed by atoms with Crippen molar-refractivity contribution in [3.05, 3.63) is 21.5 Å². The molecular formula is C14H18IN5. The number of hydrogen-bond acceptors (Lipinski definition) is 4. The molecule has 1 saturated carbocycles. The molecule has 0 aromatic carbocycles. The molecule has 20 heavy (non-hydrogen) atoms. The second-order valence-corrected chi connectivity index (χ2v) is 6.14. The molecule has 6 heteroatoms. The SMILES string of the molecule is CCCn1nccc1-c1nc(NC)c(I)c(C2CC2)n1. The van der Waals surface area contributed by atoms with Crippen LogP contribution in [-0.2, 0) is 6.54 Å². The van der Waals surface area contributed by atoms with Crippen molar-refractivity contribution in [2.24, 2.45) is 0 Å². The van der Waals surface area contributed by atoms with Gasteiger partial charge in [0.1, 0.15) is 11.5 Å². The highest BCUT2D eigenvalue weighted by molar-refractivity contribution is 14.1. The zero-order valence-corrected chi connectivity index (χ0v) is 13.9. The summed E-state index contributed by atoms with van der Waals surface area (Å²) in [5.74, 6) is 2.31. The molecular weight excluding hydrogens is 365 g/mol. The van der Waals surface area contributed by atoms with Crippen molar-refractivity contribution in [2.45, 2.75) is 38.6 Å². The summed E-state index contributed by atoms with van der Waals surface area (Å²) in [4.78, 5) is 9.47. The van der Waals surface area contributed by atoms with Crippen LogP contribution in [0.25, 0.3) is 11.5 Å². The van der Waals surface area contributed by atoms with E-state index in [0.717, 1.165) is 33.9 Å². The first kappa shape index (κ1) is 13.8. The zero-order valence-electron chi connectivity index (χ0n) is 11.7. The van der Waals surface area contributed by atoms with E-state index in [-0.39, 0.29) is 0 Å². The molecule has 2 heterocycles. The van der Waals surface area contributed by atoms with E-state index in [4.69, 9.17) is 4.98 Å². The number of rotatable bonds is 5. The van der Waals surface area contributed by atoms with E-state index in [9.17, 15) is 0 Å². The van der Waals surface area contributed by atoms with Crippen LogP contribution >= 0.6 is 22.6 Å². The van der Waals surface area contributed by atoms with Gasteiger partial charge in [-0.3, -0.25) is 4.68 Å². The molecule has 0 bridgehead atoms. The maximum Gasteiger partial charge on any atom is 0.180 e. The summed E-state index contributed by atoms with van der Waals surface area (Å²) in [5, 5.41) is 7.55. The Labute approximate surface area is 132 Å². The molecule has 1 fully saturated rings. The molecule has 5 nitrogen and oxygen atoms in total. The summed E-state index contributed by atoms with van der Waals surface area (Å²) in [7, 11) is 1.91. The summed E-state index contributed by atoms with van der Waals surface area (Å²) in [6.45, 7) is 3.04. The number of anilines is 1. The van der Waals surface area contributed by atoms with Gasteiger partial charge < -0.3 is 5.32 Å². The minimum absolute atomic E-state index is 0.610. The second-order valence-electron chi connectivity index (χ2n) is 5.06. The van der Waals surface area contributed by atoms with Crippen LogP contribution in [0.2, 0.25) is 0 Å². The van der Waals surface area contributed by atoms with Crippen LogP contribution < -0.4 is 5.32 Å². The number of nitrogens with one attached hydrogen (secondary N) is 1. The quantitative estimate of drug-likeness (QED) is 0.806. The summed E-state index contributed by atoms with van der Waals surface area (Å²) in [5.41, 5.74) is 2.19.